The first kappa shape index (κ1) is 27.6. The van der Waals surface area contributed by atoms with Crippen LogP contribution in [0.1, 0.15) is 36.0 Å². The van der Waals surface area contributed by atoms with Gasteiger partial charge in [-0.15, -0.1) is 0 Å². The molecule has 1 aliphatic heterocycles. The summed E-state index contributed by atoms with van der Waals surface area (Å²) < 4.78 is 43.0. The summed E-state index contributed by atoms with van der Waals surface area (Å²) in [5, 5.41) is 9.99. The summed E-state index contributed by atoms with van der Waals surface area (Å²) in [6.45, 7) is 2.36. The lowest BCUT2D eigenvalue weighted by molar-refractivity contribution is -0.276. The number of imidazole rings is 1. The Labute approximate surface area is 237 Å². The molecule has 0 radical (unpaired) electrons. The minimum Gasteiger partial charge on any atom is -0.392 e. The van der Waals surface area contributed by atoms with Gasteiger partial charge in [-0.1, -0.05) is 84.7 Å². The number of halogens is 2. The maximum Gasteiger partial charge on any atom is 0.261 e. The van der Waals surface area contributed by atoms with Crippen LogP contribution in [-0.4, -0.2) is 29.2 Å². The second-order valence-corrected chi connectivity index (χ2v) is 11.7. The molecule has 0 bridgehead atoms. The van der Waals surface area contributed by atoms with Crippen LogP contribution in [0.25, 0.3) is 0 Å². The van der Waals surface area contributed by atoms with E-state index in [4.69, 9.17) is 32.7 Å². The third kappa shape index (κ3) is 6.14. The molecule has 11 heteroatoms. The first-order chi connectivity index (χ1) is 18.7. The number of rotatable bonds is 8. The van der Waals surface area contributed by atoms with Crippen molar-refractivity contribution in [2.75, 3.05) is 4.72 Å². The molecule has 4 aromatic rings. The fraction of sp³-hybridized carbons (Fsp3) is 0.250. The smallest absolute Gasteiger partial charge is 0.261 e. The Hall–Kier alpha value is -2.92. The number of nitrogens with zero attached hydrogens (tertiary/aromatic N) is 2. The van der Waals surface area contributed by atoms with Crippen molar-refractivity contribution in [3.05, 3.63) is 112 Å². The molecule has 1 aromatic heterocycles. The molecule has 0 unspecified atom stereocenters. The quantitative estimate of drug-likeness (QED) is 0.263. The van der Waals surface area contributed by atoms with E-state index in [1.165, 1.54) is 12.1 Å². The zero-order valence-electron chi connectivity index (χ0n) is 20.9. The second-order valence-electron chi connectivity index (χ2n) is 9.34. The van der Waals surface area contributed by atoms with E-state index < -0.39 is 16.3 Å². The molecule has 0 spiro atoms. The number of aliphatic hydroxyl groups excluding tert-OH is 1. The Morgan fingerprint density at radius 2 is 1.72 bits per heavy atom. The lowest BCUT2D eigenvalue weighted by Crippen LogP contribution is -2.39. The molecule has 1 fully saturated rings. The Morgan fingerprint density at radius 1 is 0.974 bits per heavy atom. The van der Waals surface area contributed by atoms with Crippen LogP contribution in [-0.2, 0) is 32.6 Å². The number of ether oxygens (including phenoxy) is 2. The largest absolute Gasteiger partial charge is 0.392 e. The molecule has 5 rings (SSSR count). The van der Waals surface area contributed by atoms with E-state index in [1.807, 2.05) is 37.3 Å². The van der Waals surface area contributed by atoms with E-state index in [0.29, 0.717) is 22.9 Å². The van der Waals surface area contributed by atoms with Gasteiger partial charge in [0.15, 0.2) is 11.4 Å². The molecule has 39 heavy (non-hydrogen) atoms. The van der Waals surface area contributed by atoms with Crippen LogP contribution in [0.5, 0.6) is 0 Å². The van der Waals surface area contributed by atoms with Gasteiger partial charge >= 0.3 is 0 Å². The number of anilines is 1. The van der Waals surface area contributed by atoms with Crippen LogP contribution < -0.4 is 4.72 Å². The molecule has 0 saturated carbocycles. The zero-order chi connectivity index (χ0) is 27.6. The first-order valence-electron chi connectivity index (χ1n) is 12.3. The number of hydrogen-bond acceptors (Lipinski definition) is 6. The highest BCUT2D eigenvalue weighted by molar-refractivity contribution is 7.92. The van der Waals surface area contributed by atoms with Crippen molar-refractivity contribution in [1.82, 2.24) is 9.55 Å². The minimum absolute atomic E-state index is 0.0543. The molecular weight excluding hydrogens is 561 g/mol. The maximum absolute atomic E-state index is 12.9. The Balaban J connectivity index is 1.45. The zero-order valence-corrected chi connectivity index (χ0v) is 23.3. The van der Waals surface area contributed by atoms with Gasteiger partial charge in [-0.05, 0) is 35.4 Å². The number of aliphatic hydroxyl groups is 1. The van der Waals surface area contributed by atoms with Gasteiger partial charge in [-0.3, -0.25) is 4.72 Å². The fourth-order valence-electron chi connectivity index (χ4n) is 4.55. The van der Waals surface area contributed by atoms with Gasteiger partial charge in [0, 0.05) is 17.2 Å². The van der Waals surface area contributed by atoms with Gasteiger partial charge in [-0.25, -0.2) is 13.4 Å². The van der Waals surface area contributed by atoms with Crippen LogP contribution in [0.15, 0.2) is 90.1 Å². The topological polar surface area (TPSA) is 103 Å². The van der Waals surface area contributed by atoms with Crippen LogP contribution in [0.2, 0.25) is 10.3 Å². The summed E-state index contributed by atoms with van der Waals surface area (Å²) in [4.78, 5) is 4.24. The van der Waals surface area contributed by atoms with E-state index in [-0.39, 0.29) is 34.8 Å². The van der Waals surface area contributed by atoms with Gasteiger partial charge in [0.25, 0.3) is 10.0 Å². The summed E-state index contributed by atoms with van der Waals surface area (Å²) in [5.74, 6) is -0.0989. The first-order valence-corrected chi connectivity index (χ1v) is 14.5. The molecule has 4 atom stereocenters. The van der Waals surface area contributed by atoms with Crippen molar-refractivity contribution in [3.8, 4) is 0 Å². The Bertz CT molecular complexity index is 1530. The summed E-state index contributed by atoms with van der Waals surface area (Å²) in [7, 11) is -3.77. The number of sulfonamides is 1. The highest BCUT2D eigenvalue weighted by Crippen LogP contribution is 2.42. The van der Waals surface area contributed by atoms with E-state index in [0.717, 1.165) is 11.1 Å². The summed E-state index contributed by atoms with van der Waals surface area (Å²) in [6, 6.07) is 22.7. The standard InChI is InChI=1S/C28H27Cl2N3O5S/c1-18-24(15-33-17-31-26(29)27(33)30)37-28(38-25(18)20-12-10-19(16-34)11-13-20)21-6-5-7-22(14-21)32-39(35,36)23-8-3-2-4-9-23/h2-14,17-18,24-25,28,32,34H,15-16H2,1H3/t18-,24+,25+,28+/m1/s1. The van der Waals surface area contributed by atoms with Gasteiger partial charge in [0.05, 0.1) is 36.6 Å². The predicted molar refractivity (Wildman–Crippen MR) is 149 cm³/mol. The SMILES string of the molecule is C[C@@H]1[C@H](Cn2cnc(Cl)c2Cl)O[C@H](c2cccc(NS(=O)(=O)c3ccccc3)c2)O[C@@H]1c1ccc(CO)cc1. The average molecular weight is 589 g/mol. The second kappa shape index (κ2) is 11.7. The summed E-state index contributed by atoms with van der Waals surface area (Å²) in [6.07, 6.45) is 0.0604. The van der Waals surface area contributed by atoms with Gasteiger partial charge in [-0.2, -0.15) is 0 Å². The van der Waals surface area contributed by atoms with E-state index in [9.17, 15) is 13.5 Å². The molecule has 2 heterocycles. The van der Waals surface area contributed by atoms with E-state index >= 15 is 0 Å². The molecule has 204 valence electrons. The third-order valence-electron chi connectivity index (χ3n) is 6.70. The molecule has 2 N–H and O–H groups in total. The average Bonchev–Trinajstić information content (AvgIpc) is 3.27. The van der Waals surface area contributed by atoms with Gasteiger partial charge in [0.1, 0.15) is 5.15 Å². The van der Waals surface area contributed by atoms with Crippen LogP contribution >= 0.6 is 23.2 Å². The van der Waals surface area contributed by atoms with Crippen molar-refractivity contribution in [1.29, 1.82) is 0 Å². The molecule has 8 nitrogen and oxygen atoms in total. The molecule has 0 amide bonds. The Morgan fingerprint density at radius 3 is 2.38 bits per heavy atom. The van der Waals surface area contributed by atoms with Crippen molar-refractivity contribution in [2.24, 2.45) is 5.92 Å². The van der Waals surface area contributed by atoms with Gasteiger partial charge < -0.3 is 19.1 Å². The van der Waals surface area contributed by atoms with Crippen LogP contribution in [0.4, 0.5) is 5.69 Å². The molecule has 1 aliphatic rings. The van der Waals surface area contributed by atoms with E-state index in [1.54, 1.807) is 47.3 Å². The van der Waals surface area contributed by atoms with E-state index in [2.05, 4.69) is 9.71 Å². The normalized spacial score (nSPS) is 21.5. The van der Waals surface area contributed by atoms with Crippen molar-refractivity contribution in [2.45, 2.75) is 43.5 Å². The highest BCUT2D eigenvalue weighted by atomic mass is 35.5. The monoisotopic (exact) mass is 587 g/mol. The number of aromatic nitrogens is 2. The lowest BCUT2D eigenvalue weighted by atomic mass is 9.90. The summed E-state index contributed by atoms with van der Waals surface area (Å²) in [5.41, 5.74) is 2.75. The third-order valence-corrected chi connectivity index (χ3v) is 8.86. The molecule has 0 aliphatic carbocycles. The predicted octanol–water partition coefficient (Wildman–Crippen LogP) is 5.97. The van der Waals surface area contributed by atoms with Crippen molar-refractivity contribution >= 4 is 38.9 Å². The van der Waals surface area contributed by atoms with Crippen molar-refractivity contribution in [3.63, 3.8) is 0 Å². The molecule has 1 saturated heterocycles. The molecule has 3 aromatic carbocycles. The molecular formula is C28H27Cl2N3O5S. The highest BCUT2D eigenvalue weighted by Gasteiger charge is 2.39. The minimum atomic E-state index is -3.77. The number of nitrogens with one attached hydrogen (secondary N) is 1. The number of benzene rings is 3. The van der Waals surface area contributed by atoms with Crippen LogP contribution in [0, 0.1) is 5.92 Å². The van der Waals surface area contributed by atoms with Crippen LogP contribution in [0.3, 0.4) is 0 Å². The summed E-state index contributed by atoms with van der Waals surface area (Å²) >= 11 is 12.4. The number of hydrogen-bond donors (Lipinski definition) is 2. The fourth-order valence-corrected chi connectivity index (χ4v) is 5.94. The maximum atomic E-state index is 12.9. The lowest BCUT2D eigenvalue weighted by Gasteiger charge is -2.41. The van der Waals surface area contributed by atoms with Gasteiger partial charge in [0.2, 0.25) is 0 Å². The Kier molecular flexibility index (Phi) is 8.27. The van der Waals surface area contributed by atoms with Crippen molar-refractivity contribution < 1.29 is 23.0 Å².